The molecule has 0 aromatic rings. The fraction of sp³-hybridized carbons (Fsp3) is 0.750. The Bertz CT molecular complexity index is 237. The van der Waals surface area contributed by atoms with Gasteiger partial charge in [0, 0.05) is 6.08 Å². The SMILES string of the molecule is C=CC(=O)OCCOCCOCCO[Si](C)(C)C. The molecule has 106 valence electrons. The van der Waals surface area contributed by atoms with Gasteiger partial charge < -0.3 is 18.6 Å². The second-order valence-corrected chi connectivity index (χ2v) is 9.07. The van der Waals surface area contributed by atoms with Gasteiger partial charge in [0.25, 0.3) is 0 Å². The van der Waals surface area contributed by atoms with Gasteiger partial charge in [0.2, 0.25) is 0 Å². The van der Waals surface area contributed by atoms with Crippen LogP contribution in [0.2, 0.25) is 19.6 Å². The van der Waals surface area contributed by atoms with Crippen molar-refractivity contribution < 1.29 is 23.4 Å². The predicted octanol–water partition coefficient (Wildman–Crippen LogP) is 1.60. The standard InChI is InChI=1S/C12H24O5Si/c1-5-12(13)16-10-8-14-6-7-15-9-11-17-18(2,3)4/h5H,1,6-11H2,2-4H3. The molecule has 0 aliphatic rings. The van der Waals surface area contributed by atoms with Gasteiger partial charge in [-0.2, -0.15) is 0 Å². The summed E-state index contributed by atoms with van der Waals surface area (Å²) in [7, 11) is -1.43. The fourth-order valence-electron chi connectivity index (χ4n) is 0.989. The summed E-state index contributed by atoms with van der Waals surface area (Å²) in [6, 6.07) is 0. The Labute approximate surface area is 110 Å². The highest BCUT2D eigenvalue weighted by Gasteiger charge is 2.12. The maximum absolute atomic E-state index is 10.7. The molecular weight excluding hydrogens is 252 g/mol. The third kappa shape index (κ3) is 13.4. The van der Waals surface area contributed by atoms with Crippen molar-refractivity contribution in [3.05, 3.63) is 12.7 Å². The van der Waals surface area contributed by atoms with Gasteiger partial charge >= 0.3 is 5.97 Å². The van der Waals surface area contributed by atoms with Gasteiger partial charge in [0.15, 0.2) is 8.32 Å². The highest BCUT2D eigenvalue weighted by molar-refractivity contribution is 6.69. The third-order valence-electron chi connectivity index (χ3n) is 1.77. The maximum atomic E-state index is 10.7. The van der Waals surface area contributed by atoms with E-state index in [1.165, 1.54) is 0 Å². The van der Waals surface area contributed by atoms with E-state index in [1.807, 2.05) is 0 Å². The quantitative estimate of drug-likeness (QED) is 0.248. The lowest BCUT2D eigenvalue weighted by Crippen LogP contribution is -2.27. The first-order chi connectivity index (χ1) is 8.45. The van der Waals surface area contributed by atoms with Gasteiger partial charge in [-0.1, -0.05) is 6.58 Å². The summed E-state index contributed by atoms with van der Waals surface area (Å²) in [6.45, 7) is 12.5. The van der Waals surface area contributed by atoms with Crippen molar-refractivity contribution >= 4 is 14.3 Å². The van der Waals surface area contributed by atoms with E-state index in [4.69, 9.17) is 18.6 Å². The number of hydrogen-bond acceptors (Lipinski definition) is 5. The molecule has 0 radical (unpaired) electrons. The van der Waals surface area contributed by atoms with Gasteiger partial charge in [-0.25, -0.2) is 4.79 Å². The summed E-state index contributed by atoms with van der Waals surface area (Å²) in [6.07, 6.45) is 1.13. The Kier molecular flexibility index (Phi) is 9.86. The van der Waals surface area contributed by atoms with Crippen LogP contribution in [0.3, 0.4) is 0 Å². The number of hydrogen-bond donors (Lipinski definition) is 0. The van der Waals surface area contributed by atoms with Crippen molar-refractivity contribution in [3.8, 4) is 0 Å². The van der Waals surface area contributed by atoms with E-state index in [0.717, 1.165) is 6.08 Å². The lowest BCUT2D eigenvalue weighted by Gasteiger charge is -2.16. The molecule has 0 aromatic carbocycles. The molecule has 0 heterocycles. The molecule has 5 nitrogen and oxygen atoms in total. The number of ether oxygens (including phenoxy) is 3. The highest BCUT2D eigenvalue weighted by atomic mass is 28.4. The molecule has 0 aromatic heterocycles. The minimum absolute atomic E-state index is 0.240. The normalized spacial score (nSPS) is 11.3. The Morgan fingerprint density at radius 1 is 1.00 bits per heavy atom. The molecule has 0 unspecified atom stereocenters. The van der Waals surface area contributed by atoms with Crippen LogP contribution in [0, 0.1) is 0 Å². The second kappa shape index (κ2) is 10.2. The Hall–Kier alpha value is -0.693. The van der Waals surface area contributed by atoms with Crippen LogP contribution in [-0.2, 0) is 23.4 Å². The summed E-state index contributed by atoms with van der Waals surface area (Å²) in [5.74, 6) is -0.432. The molecule has 0 fully saturated rings. The van der Waals surface area contributed by atoms with E-state index in [2.05, 4.69) is 26.2 Å². The van der Waals surface area contributed by atoms with Crippen LogP contribution in [0.15, 0.2) is 12.7 Å². The van der Waals surface area contributed by atoms with Crippen LogP contribution in [0.1, 0.15) is 0 Å². The minimum atomic E-state index is -1.43. The van der Waals surface area contributed by atoms with Crippen molar-refractivity contribution in [2.75, 3.05) is 39.6 Å². The summed E-state index contributed by atoms with van der Waals surface area (Å²) in [5.41, 5.74) is 0. The molecule has 0 rings (SSSR count). The molecular formula is C12H24O5Si. The minimum Gasteiger partial charge on any atom is -0.460 e. The van der Waals surface area contributed by atoms with Gasteiger partial charge in [-0.3, -0.25) is 0 Å². The van der Waals surface area contributed by atoms with Crippen LogP contribution in [0.25, 0.3) is 0 Å². The molecule has 0 spiro atoms. The monoisotopic (exact) mass is 276 g/mol. The largest absolute Gasteiger partial charge is 0.460 e. The van der Waals surface area contributed by atoms with E-state index < -0.39 is 14.3 Å². The molecule has 0 saturated heterocycles. The van der Waals surface area contributed by atoms with E-state index in [1.54, 1.807) is 0 Å². The zero-order valence-corrected chi connectivity index (χ0v) is 12.6. The van der Waals surface area contributed by atoms with E-state index in [0.29, 0.717) is 33.0 Å². The van der Waals surface area contributed by atoms with Crippen molar-refractivity contribution in [2.24, 2.45) is 0 Å². The van der Waals surface area contributed by atoms with Gasteiger partial charge in [-0.05, 0) is 19.6 Å². The molecule has 0 saturated carbocycles. The Balaban J connectivity index is 3.12. The van der Waals surface area contributed by atoms with Crippen LogP contribution >= 0.6 is 0 Å². The van der Waals surface area contributed by atoms with Crippen LogP contribution in [-0.4, -0.2) is 53.9 Å². The lowest BCUT2D eigenvalue weighted by atomic mass is 10.6. The van der Waals surface area contributed by atoms with Crippen LogP contribution in [0.5, 0.6) is 0 Å². The first-order valence-electron chi connectivity index (χ1n) is 6.04. The molecule has 0 bridgehead atoms. The number of rotatable bonds is 11. The van der Waals surface area contributed by atoms with E-state index in [9.17, 15) is 4.79 Å². The van der Waals surface area contributed by atoms with Gasteiger partial charge in [0.1, 0.15) is 6.61 Å². The molecule has 0 aliphatic heterocycles. The van der Waals surface area contributed by atoms with E-state index >= 15 is 0 Å². The van der Waals surface area contributed by atoms with Crippen molar-refractivity contribution in [1.29, 1.82) is 0 Å². The van der Waals surface area contributed by atoms with Gasteiger partial charge in [0.05, 0.1) is 33.0 Å². The van der Waals surface area contributed by atoms with E-state index in [-0.39, 0.29) is 6.61 Å². The average molecular weight is 276 g/mol. The summed E-state index contributed by atoms with van der Waals surface area (Å²) in [5, 5.41) is 0. The fourth-order valence-corrected chi connectivity index (χ4v) is 1.68. The zero-order valence-electron chi connectivity index (χ0n) is 11.6. The lowest BCUT2D eigenvalue weighted by molar-refractivity contribution is -0.139. The van der Waals surface area contributed by atoms with Gasteiger partial charge in [-0.15, -0.1) is 0 Å². The summed E-state index contributed by atoms with van der Waals surface area (Å²) in [4.78, 5) is 10.7. The summed E-state index contributed by atoms with van der Waals surface area (Å²) >= 11 is 0. The first-order valence-corrected chi connectivity index (χ1v) is 9.45. The molecule has 6 heteroatoms. The summed E-state index contributed by atoms with van der Waals surface area (Å²) < 4.78 is 20.9. The Morgan fingerprint density at radius 3 is 2.00 bits per heavy atom. The van der Waals surface area contributed by atoms with Crippen LogP contribution in [0.4, 0.5) is 0 Å². The Morgan fingerprint density at radius 2 is 1.50 bits per heavy atom. The molecule has 18 heavy (non-hydrogen) atoms. The highest BCUT2D eigenvalue weighted by Crippen LogP contribution is 2.01. The number of esters is 1. The average Bonchev–Trinajstić information content (AvgIpc) is 2.29. The first kappa shape index (κ1) is 17.3. The molecule has 0 amide bonds. The predicted molar refractivity (Wildman–Crippen MR) is 72.1 cm³/mol. The van der Waals surface area contributed by atoms with Crippen LogP contribution < -0.4 is 0 Å². The molecule has 0 atom stereocenters. The number of carbonyl (C=O) groups excluding carboxylic acids is 1. The topological polar surface area (TPSA) is 54.0 Å². The third-order valence-corrected chi connectivity index (χ3v) is 2.84. The van der Waals surface area contributed by atoms with Crippen molar-refractivity contribution in [2.45, 2.75) is 19.6 Å². The number of carbonyl (C=O) groups is 1. The van der Waals surface area contributed by atoms with Crippen molar-refractivity contribution in [3.63, 3.8) is 0 Å². The smallest absolute Gasteiger partial charge is 0.330 e. The molecule has 0 N–H and O–H groups in total. The maximum Gasteiger partial charge on any atom is 0.330 e. The second-order valence-electron chi connectivity index (χ2n) is 4.56. The van der Waals surface area contributed by atoms with Crippen molar-refractivity contribution in [1.82, 2.24) is 0 Å². The zero-order chi connectivity index (χ0) is 13.9. The molecule has 0 aliphatic carbocycles.